The number of sulfonamides is 1. The Labute approximate surface area is 162 Å². The molecule has 0 heterocycles. The van der Waals surface area contributed by atoms with E-state index in [0.29, 0.717) is 12.2 Å². The van der Waals surface area contributed by atoms with Gasteiger partial charge in [0, 0.05) is 18.3 Å². The second-order valence-electron chi connectivity index (χ2n) is 7.11. The number of carbonyl (C=O) groups is 1. The quantitative estimate of drug-likeness (QED) is 0.518. The van der Waals surface area contributed by atoms with Gasteiger partial charge in [0.05, 0.1) is 10.5 Å². The molecule has 1 aliphatic carbocycles. The summed E-state index contributed by atoms with van der Waals surface area (Å²) >= 11 is 0. The lowest BCUT2D eigenvalue weighted by Crippen LogP contribution is -2.32. The van der Waals surface area contributed by atoms with Crippen LogP contribution in [0, 0.1) is 0 Å². The lowest BCUT2D eigenvalue weighted by Gasteiger charge is -2.16. The van der Waals surface area contributed by atoms with Crippen molar-refractivity contribution in [3.63, 3.8) is 0 Å². The number of anilines is 1. The second kappa shape index (κ2) is 9.90. The van der Waals surface area contributed by atoms with Crippen LogP contribution in [0.5, 0.6) is 0 Å². The number of aromatic carboxylic acids is 1. The Kier molecular flexibility index (Phi) is 7.86. The Bertz CT molecular complexity index is 787. The molecule has 27 heavy (non-hydrogen) atoms. The van der Waals surface area contributed by atoms with Crippen LogP contribution in [0.3, 0.4) is 0 Å². The average molecular weight is 395 g/mol. The molecule has 0 spiro atoms. The van der Waals surface area contributed by atoms with Crippen LogP contribution in [-0.2, 0) is 10.0 Å². The predicted octanol–water partition coefficient (Wildman–Crippen LogP) is 4.15. The third kappa shape index (κ3) is 6.36. The summed E-state index contributed by atoms with van der Waals surface area (Å²) in [5.74, 6) is -1.15. The summed E-state index contributed by atoms with van der Waals surface area (Å²) in [4.78, 5) is 11.6. The molecule has 150 valence electrons. The third-order valence-corrected chi connectivity index (χ3v) is 6.34. The molecule has 0 aromatic heterocycles. The van der Waals surface area contributed by atoms with E-state index in [0.717, 1.165) is 32.1 Å². The van der Waals surface area contributed by atoms with E-state index in [1.807, 2.05) is 6.92 Å². The van der Waals surface area contributed by atoms with Crippen molar-refractivity contribution >= 4 is 21.7 Å². The van der Waals surface area contributed by atoms with Gasteiger partial charge in [0.1, 0.15) is 0 Å². The first kappa shape index (κ1) is 21.4. The summed E-state index contributed by atoms with van der Waals surface area (Å²) in [6.45, 7) is 4.41. The highest BCUT2D eigenvalue weighted by molar-refractivity contribution is 7.89. The van der Waals surface area contributed by atoms with E-state index < -0.39 is 16.0 Å². The Morgan fingerprint density at radius 2 is 2.07 bits per heavy atom. The number of carboxylic acid groups (broad SMARTS) is 1. The van der Waals surface area contributed by atoms with Crippen molar-refractivity contribution in [3.8, 4) is 0 Å². The summed E-state index contributed by atoms with van der Waals surface area (Å²) in [5.41, 5.74) is 1.82. The van der Waals surface area contributed by atoms with Gasteiger partial charge in [-0.3, -0.25) is 0 Å². The highest BCUT2D eigenvalue weighted by atomic mass is 32.2. The molecular formula is C20H30N2O4S. The largest absolute Gasteiger partial charge is 0.478 e. The van der Waals surface area contributed by atoms with Gasteiger partial charge in [0.2, 0.25) is 10.0 Å². The zero-order valence-corrected chi connectivity index (χ0v) is 16.9. The standard InChI is InChI=1S/C20H30N2O4S/c1-3-7-15(2)22-27(25,26)17-10-11-19(18(14-17)20(23)24)21-13-12-16-8-5-4-6-9-16/h8,10-11,14-15,21-22H,3-7,9,12-13H2,1-2H3,(H,23,24)/t15-/m0/s1. The van der Waals surface area contributed by atoms with Gasteiger partial charge in [-0.2, -0.15) is 0 Å². The maximum Gasteiger partial charge on any atom is 0.337 e. The fourth-order valence-corrected chi connectivity index (χ4v) is 4.64. The minimum atomic E-state index is -3.74. The Balaban J connectivity index is 2.11. The molecule has 1 atom stereocenters. The fourth-order valence-electron chi connectivity index (χ4n) is 3.34. The van der Waals surface area contributed by atoms with Gasteiger partial charge < -0.3 is 10.4 Å². The monoisotopic (exact) mass is 394 g/mol. The molecule has 0 aliphatic heterocycles. The van der Waals surface area contributed by atoms with E-state index in [1.165, 1.54) is 36.6 Å². The molecule has 7 heteroatoms. The molecule has 1 aliphatic rings. The van der Waals surface area contributed by atoms with Crippen molar-refractivity contribution in [2.45, 2.75) is 69.7 Å². The number of hydrogen-bond acceptors (Lipinski definition) is 4. The first-order valence-corrected chi connectivity index (χ1v) is 11.1. The first-order valence-electron chi connectivity index (χ1n) is 9.65. The van der Waals surface area contributed by atoms with Crippen LogP contribution in [0.15, 0.2) is 34.7 Å². The number of benzene rings is 1. The summed E-state index contributed by atoms with van der Waals surface area (Å²) in [6.07, 6.45) is 9.39. The van der Waals surface area contributed by atoms with Crippen LogP contribution < -0.4 is 10.0 Å². The molecule has 0 radical (unpaired) electrons. The van der Waals surface area contributed by atoms with Crippen LogP contribution in [0.2, 0.25) is 0 Å². The molecule has 6 nitrogen and oxygen atoms in total. The lowest BCUT2D eigenvalue weighted by molar-refractivity contribution is 0.0697. The Morgan fingerprint density at radius 3 is 2.70 bits per heavy atom. The summed E-state index contributed by atoms with van der Waals surface area (Å²) in [6, 6.07) is 4.02. The normalized spacial score (nSPS) is 15.9. The van der Waals surface area contributed by atoms with Crippen molar-refractivity contribution in [2.75, 3.05) is 11.9 Å². The Morgan fingerprint density at radius 1 is 1.30 bits per heavy atom. The van der Waals surface area contributed by atoms with Crippen molar-refractivity contribution in [3.05, 3.63) is 35.4 Å². The number of rotatable bonds is 10. The number of carboxylic acids is 1. The van der Waals surface area contributed by atoms with Gasteiger partial charge in [0.15, 0.2) is 0 Å². The van der Waals surface area contributed by atoms with Crippen LogP contribution in [0.1, 0.15) is 69.2 Å². The van der Waals surface area contributed by atoms with Crippen molar-refractivity contribution in [1.82, 2.24) is 4.72 Å². The van der Waals surface area contributed by atoms with E-state index >= 15 is 0 Å². The first-order chi connectivity index (χ1) is 12.8. The molecule has 3 N–H and O–H groups in total. The van der Waals surface area contributed by atoms with Gasteiger partial charge >= 0.3 is 5.97 Å². The number of allylic oxidation sites excluding steroid dienone is 1. The molecule has 0 unspecified atom stereocenters. The minimum absolute atomic E-state index is 0.0246. The third-order valence-electron chi connectivity index (χ3n) is 4.76. The Hall–Kier alpha value is -1.86. The average Bonchev–Trinajstić information content (AvgIpc) is 2.62. The van der Waals surface area contributed by atoms with Crippen LogP contribution in [0.25, 0.3) is 0 Å². The number of nitrogens with one attached hydrogen (secondary N) is 2. The summed E-state index contributed by atoms with van der Waals surface area (Å²) in [5, 5.41) is 12.6. The molecule has 1 aromatic carbocycles. The lowest BCUT2D eigenvalue weighted by atomic mass is 9.97. The molecule has 0 bridgehead atoms. The topological polar surface area (TPSA) is 95.5 Å². The zero-order valence-electron chi connectivity index (χ0n) is 16.1. The summed E-state index contributed by atoms with van der Waals surface area (Å²) < 4.78 is 27.6. The molecule has 0 amide bonds. The molecule has 0 fully saturated rings. The molecular weight excluding hydrogens is 364 g/mol. The highest BCUT2D eigenvalue weighted by Crippen LogP contribution is 2.23. The van der Waals surface area contributed by atoms with Gasteiger partial charge in [-0.25, -0.2) is 17.9 Å². The number of hydrogen-bond donors (Lipinski definition) is 3. The van der Waals surface area contributed by atoms with Gasteiger partial charge in [0.25, 0.3) is 0 Å². The fraction of sp³-hybridized carbons (Fsp3) is 0.550. The van der Waals surface area contributed by atoms with E-state index in [-0.39, 0.29) is 16.5 Å². The minimum Gasteiger partial charge on any atom is -0.478 e. The van der Waals surface area contributed by atoms with E-state index in [1.54, 1.807) is 6.92 Å². The molecule has 1 aromatic rings. The smallest absolute Gasteiger partial charge is 0.337 e. The molecule has 0 saturated heterocycles. The zero-order chi connectivity index (χ0) is 19.9. The van der Waals surface area contributed by atoms with Gasteiger partial charge in [-0.05, 0) is 63.6 Å². The second-order valence-corrected chi connectivity index (χ2v) is 8.82. The molecule has 2 rings (SSSR count). The SMILES string of the molecule is CCC[C@H](C)NS(=O)(=O)c1ccc(NCCC2=CCCCC2)c(C(=O)O)c1. The highest BCUT2D eigenvalue weighted by Gasteiger charge is 2.20. The maximum atomic E-state index is 12.5. The van der Waals surface area contributed by atoms with E-state index in [4.69, 9.17) is 0 Å². The van der Waals surface area contributed by atoms with Gasteiger partial charge in [-0.1, -0.05) is 25.0 Å². The van der Waals surface area contributed by atoms with Crippen LogP contribution in [-0.4, -0.2) is 32.1 Å². The van der Waals surface area contributed by atoms with Crippen molar-refractivity contribution in [2.24, 2.45) is 0 Å². The van der Waals surface area contributed by atoms with Crippen LogP contribution >= 0.6 is 0 Å². The predicted molar refractivity (Wildman–Crippen MR) is 108 cm³/mol. The van der Waals surface area contributed by atoms with E-state index in [2.05, 4.69) is 16.1 Å². The van der Waals surface area contributed by atoms with Crippen LogP contribution in [0.4, 0.5) is 5.69 Å². The van der Waals surface area contributed by atoms with E-state index in [9.17, 15) is 18.3 Å². The van der Waals surface area contributed by atoms with Crippen molar-refractivity contribution in [1.29, 1.82) is 0 Å². The molecule has 0 saturated carbocycles. The maximum absolute atomic E-state index is 12.5. The van der Waals surface area contributed by atoms with Crippen molar-refractivity contribution < 1.29 is 18.3 Å². The summed E-state index contributed by atoms with van der Waals surface area (Å²) in [7, 11) is -3.74. The van der Waals surface area contributed by atoms with Gasteiger partial charge in [-0.15, -0.1) is 0 Å².